The van der Waals surface area contributed by atoms with Gasteiger partial charge in [0.15, 0.2) is 17.5 Å². The van der Waals surface area contributed by atoms with E-state index in [1.165, 1.54) is 6.07 Å². The second kappa shape index (κ2) is 4.40. The highest BCUT2D eigenvalue weighted by Crippen LogP contribution is 2.28. The molecule has 2 nitrogen and oxygen atoms in total. The summed E-state index contributed by atoms with van der Waals surface area (Å²) in [5.74, 6) is -3.88. The zero-order valence-electron chi connectivity index (χ0n) is 11.3. The summed E-state index contributed by atoms with van der Waals surface area (Å²) in [6, 6.07) is 2.11. The molecule has 102 valence electrons. The standard InChI is InChI=1S/C14H15F3N2/c1-8-7-19(14(2,3)4)18-13(8)9-5-6-10(15)12(17)11(9)16/h5-7H,1-4H3. The second-order valence-electron chi connectivity index (χ2n) is 5.50. The Balaban J connectivity index is 2.60. The van der Waals surface area contributed by atoms with E-state index in [4.69, 9.17) is 0 Å². The van der Waals surface area contributed by atoms with Crippen molar-refractivity contribution in [2.24, 2.45) is 0 Å². The molecular formula is C14H15F3N2. The van der Waals surface area contributed by atoms with Crippen molar-refractivity contribution in [1.82, 2.24) is 9.78 Å². The van der Waals surface area contributed by atoms with Gasteiger partial charge in [-0.05, 0) is 45.4 Å². The number of hydrogen-bond donors (Lipinski definition) is 0. The second-order valence-corrected chi connectivity index (χ2v) is 5.50. The van der Waals surface area contributed by atoms with Gasteiger partial charge in [-0.25, -0.2) is 13.2 Å². The Labute approximate surface area is 109 Å². The fraction of sp³-hybridized carbons (Fsp3) is 0.357. The highest BCUT2D eigenvalue weighted by molar-refractivity contribution is 5.63. The zero-order valence-corrected chi connectivity index (χ0v) is 11.3. The van der Waals surface area contributed by atoms with Crippen LogP contribution in [0, 0.1) is 24.4 Å². The Hall–Kier alpha value is -1.78. The number of benzene rings is 1. The Morgan fingerprint density at radius 1 is 1.05 bits per heavy atom. The number of aromatic nitrogens is 2. The monoisotopic (exact) mass is 268 g/mol. The van der Waals surface area contributed by atoms with Crippen LogP contribution in [-0.4, -0.2) is 9.78 Å². The van der Waals surface area contributed by atoms with Crippen molar-refractivity contribution in [2.75, 3.05) is 0 Å². The van der Waals surface area contributed by atoms with Gasteiger partial charge in [-0.15, -0.1) is 0 Å². The molecule has 0 aliphatic rings. The van der Waals surface area contributed by atoms with E-state index in [-0.39, 0.29) is 11.1 Å². The molecule has 0 aliphatic carbocycles. The van der Waals surface area contributed by atoms with Crippen molar-refractivity contribution in [3.63, 3.8) is 0 Å². The first kappa shape index (κ1) is 13.6. The lowest BCUT2D eigenvalue weighted by molar-refractivity contribution is 0.356. The Morgan fingerprint density at radius 3 is 2.21 bits per heavy atom. The minimum absolute atomic E-state index is 0.0283. The van der Waals surface area contributed by atoms with E-state index in [2.05, 4.69) is 5.10 Å². The van der Waals surface area contributed by atoms with Crippen molar-refractivity contribution in [2.45, 2.75) is 33.2 Å². The van der Waals surface area contributed by atoms with Crippen LogP contribution in [0.4, 0.5) is 13.2 Å². The molecular weight excluding hydrogens is 253 g/mol. The van der Waals surface area contributed by atoms with Crippen LogP contribution in [-0.2, 0) is 5.54 Å². The van der Waals surface area contributed by atoms with Gasteiger partial charge in [0.1, 0.15) is 0 Å². The van der Waals surface area contributed by atoms with E-state index in [1.54, 1.807) is 17.8 Å². The fourth-order valence-electron chi connectivity index (χ4n) is 1.78. The first-order chi connectivity index (χ1) is 8.71. The van der Waals surface area contributed by atoms with E-state index in [0.29, 0.717) is 11.3 Å². The average molecular weight is 268 g/mol. The molecule has 2 rings (SSSR count). The molecule has 0 radical (unpaired) electrons. The van der Waals surface area contributed by atoms with Crippen LogP contribution in [0.15, 0.2) is 18.3 Å². The fourth-order valence-corrected chi connectivity index (χ4v) is 1.78. The number of nitrogens with zero attached hydrogens (tertiary/aromatic N) is 2. The molecule has 0 aliphatic heterocycles. The van der Waals surface area contributed by atoms with Gasteiger partial charge in [0.2, 0.25) is 0 Å². The van der Waals surface area contributed by atoms with Crippen molar-refractivity contribution in [3.8, 4) is 11.3 Å². The van der Waals surface area contributed by atoms with Crippen LogP contribution in [0.1, 0.15) is 26.3 Å². The van der Waals surface area contributed by atoms with Crippen molar-refractivity contribution < 1.29 is 13.2 Å². The maximum absolute atomic E-state index is 13.8. The molecule has 0 atom stereocenters. The first-order valence-corrected chi connectivity index (χ1v) is 5.92. The van der Waals surface area contributed by atoms with Gasteiger partial charge in [-0.1, -0.05) is 0 Å². The predicted octanol–water partition coefficient (Wildman–Crippen LogP) is 4.03. The summed E-state index contributed by atoms with van der Waals surface area (Å²) < 4.78 is 41.6. The molecule has 0 fully saturated rings. The number of aryl methyl sites for hydroxylation is 1. The third-order valence-electron chi connectivity index (χ3n) is 2.87. The number of hydrogen-bond acceptors (Lipinski definition) is 1. The quantitative estimate of drug-likeness (QED) is 0.714. The summed E-state index contributed by atoms with van der Waals surface area (Å²) in [7, 11) is 0. The van der Waals surface area contributed by atoms with E-state index in [0.717, 1.165) is 6.07 Å². The van der Waals surface area contributed by atoms with Crippen LogP contribution in [0.2, 0.25) is 0 Å². The van der Waals surface area contributed by atoms with Gasteiger partial charge in [0.25, 0.3) is 0 Å². The lowest BCUT2D eigenvalue weighted by atomic mass is 10.1. The van der Waals surface area contributed by atoms with Crippen LogP contribution in [0.3, 0.4) is 0 Å². The molecule has 1 heterocycles. The Morgan fingerprint density at radius 2 is 1.68 bits per heavy atom. The third kappa shape index (κ3) is 2.37. The highest BCUT2D eigenvalue weighted by atomic mass is 19.2. The van der Waals surface area contributed by atoms with Gasteiger partial charge in [0.05, 0.1) is 11.2 Å². The van der Waals surface area contributed by atoms with Gasteiger partial charge < -0.3 is 0 Å². The molecule has 2 aromatic rings. The lowest BCUT2D eigenvalue weighted by Crippen LogP contribution is -2.22. The van der Waals surface area contributed by atoms with Crippen molar-refractivity contribution >= 4 is 0 Å². The molecule has 0 saturated heterocycles. The van der Waals surface area contributed by atoms with E-state index in [1.807, 2.05) is 20.8 Å². The highest BCUT2D eigenvalue weighted by Gasteiger charge is 2.21. The molecule has 19 heavy (non-hydrogen) atoms. The Bertz CT molecular complexity index is 624. The van der Waals surface area contributed by atoms with Gasteiger partial charge >= 0.3 is 0 Å². The summed E-state index contributed by atoms with van der Waals surface area (Å²) in [6.45, 7) is 7.60. The molecule has 0 spiro atoms. The van der Waals surface area contributed by atoms with Crippen molar-refractivity contribution in [1.29, 1.82) is 0 Å². The maximum atomic E-state index is 13.8. The van der Waals surface area contributed by atoms with E-state index < -0.39 is 17.5 Å². The molecule has 0 saturated carbocycles. The largest absolute Gasteiger partial charge is 0.267 e. The molecule has 1 aromatic carbocycles. The van der Waals surface area contributed by atoms with E-state index in [9.17, 15) is 13.2 Å². The first-order valence-electron chi connectivity index (χ1n) is 5.92. The normalized spacial score (nSPS) is 11.9. The molecule has 0 unspecified atom stereocenters. The van der Waals surface area contributed by atoms with Gasteiger partial charge in [-0.2, -0.15) is 5.10 Å². The molecule has 0 bridgehead atoms. The SMILES string of the molecule is Cc1cn(C(C)(C)C)nc1-c1ccc(F)c(F)c1F. The summed E-state index contributed by atoms with van der Waals surface area (Å²) in [5.41, 5.74) is 0.739. The minimum atomic E-state index is -1.47. The molecule has 0 N–H and O–H groups in total. The summed E-state index contributed by atoms with van der Waals surface area (Å²) in [5, 5.41) is 4.27. The predicted molar refractivity (Wildman–Crippen MR) is 67.3 cm³/mol. The van der Waals surface area contributed by atoms with Crippen LogP contribution < -0.4 is 0 Å². The van der Waals surface area contributed by atoms with Crippen LogP contribution >= 0.6 is 0 Å². The topological polar surface area (TPSA) is 17.8 Å². The number of rotatable bonds is 1. The van der Waals surface area contributed by atoms with Gasteiger partial charge in [-0.3, -0.25) is 4.68 Å². The third-order valence-corrected chi connectivity index (χ3v) is 2.87. The average Bonchev–Trinajstić information content (AvgIpc) is 2.68. The van der Waals surface area contributed by atoms with Gasteiger partial charge in [0, 0.05) is 11.8 Å². The zero-order chi connectivity index (χ0) is 14.4. The van der Waals surface area contributed by atoms with Crippen LogP contribution in [0.25, 0.3) is 11.3 Å². The molecule has 1 aromatic heterocycles. The molecule has 5 heteroatoms. The number of halogens is 3. The van der Waals surface area contributed by atoms with E-state index >= 15 is 0 Å². The summed E-state index contributed by atoms with van der Waals surface area (Å²) in [4.78, 5) is 0. The summed E-state index contributed by atoms with van der Waals surface area (Å²) in [6.07, 6.45) is 1.76. The smallest absolute Gasteiger partial charge is 0.195 e. The maximum Gasteiger partial charge on any atom is 0.195 e. The Kier molecular flexibility index (Phi) is 3.16. The summed E-state index contributed by atoms with van der Waals surface area (Å²) >= 11 is 0. The molecule has 0 amide bonds. The lowest BCUT2D eigenvalue weighted by Gasteiger charge is -2.18. The van der Waals surface area contributed by atoms with Crippen LogP contribution in [0.5, 0.6) is 0 Å². The minimum Gasteiger partial charge on any atom is -0.267 e. The van der Waals surface area contributed by atoms with Crippen molar-refractivity contribution in [3.05, 3.63) is 41.3 Å².